The zero-order valence-electron chi connectivity index (χ0n) is 12.8. The van der Waals surface area contributed by atoms with Gasteiger partial charge in [0.05, 0.1) is 12.3 Å². The minimum Gasteiger partial charge on any atom is -0.383 e. The predicted molar refractivity (Wildman–Crippen MR) is 81.6 cm³/mol. The number of nitrogens with one attached hydrogen (secondary N) is 1. The summed E-state index contributed by atoms with van der Waals surface area (Å²) >= 11 is 0. The van der Waals surface area contributed by atoms with Crippen LogP contribution >= 0.6 is 0 Å². The molecule has 0 saturated carbocycles. The van der Waals surface area contributed by atoms with Crippen molar-refractivity contribution in [1.82, 2.24) is 4.90 Å². The van der Waals surface area contributed by atoms with Crippen LogP contribution in [-0.2, 0) is 4.74 Å². The first-order valence-electron chi connectivity index (χ1n) is 6.85. The van der Waals surface area contributed by atoms with Gasteiger partial charge in [-0.05, 0) is 36.6 Å². The van der Waals surface area contributed by atoms with E-state index >= 15 is 0 Å². The van der Waals surface area contributed by atoms with Gasteiger partial charge in [0.25, 0.3) is 5.91 Å². The van der Waals surface area contributed by atoms with Gasteiger partial charge in [-0.3, -0.25) is 10.6 Å². The van der Waals surface area contributed by atoms with Crippen molar-refractivity contribution in [2.75, 3.05) is 32.2 Å². The zero-order chi connectivity index (χ0) is 15.1. The Hall–Kier alpha value is -1.59. The number of nitrogens with two attached hydrogens (primary N) is 1. The number of ether oxygens (including phenoxy) is 1. The molecule has 1 aromatic carbocycles. The van der Waals surface area contributed by atoms with Crippen molar-refractivity contribution in [2.24, 2.45) is 11.8 Å². The molecule has 1 amide bonds. The van der Waals surface area contributed by atoms with Gasteiger partial charge < -0.3 is 15.1 Å². The van der Waals surface area contributed by atoms with E-state index in [0.29, 0.717) is 24.6 Å². The smallest absolute Gasteiger partial charge is 0.253 e. The highest BCUT2D eigenvalue weighted by Crippen LogP contribution is 2.17. The molecule has 3 N–H and O–H groups in total. The van der Waals surface area contributed by atoms with E-state index in [2.05, 4.69) is 19.3 Å². The van der Waals surface area contributed by atoms with Crippen LogP contribution in [0.1, 0.15) is 29.8 Å². The molecule has 0 spiro atoms. The Morgan fingerprint density at radius 3 is 2.65 bits per heavy atom. The molecule has 0 heterocycles. The Labute approximate surface area is 121 Å². The Balaban J connectivity index is 2.90. The number of anilines is 1. The highest BCUT2D eigenvalue weighted by Gasteiger charge is 2.17. The Bertz CT molecular complexity index is 447. The molecule has 0 saturated heterocycles. The number of carbonyl (C=O) groups is 1. The number of hydrogen-bond donors (Lipinski definition) is 2. The van der Waals surface area contributed by atoms with Crippen LogP contribution in [0.4, 0.5) is 5.69 Å². The number of rotatable bonds is 7. The maximum Gasteiger partial charge on any atom is 0.253 e. The highest BCUT2D eigenvalue weighted by molar-refractivity contribution is 5.95. The molecule has 0 atom stereocenters. The fourth-order valence-corrected chi connectivity index (χ4v) is 2.06. The fourth-order valence-electron chi connectivity index (χ4n) is 2.06. The van der Waals surface area contributed by atoms with Crippen LogP contribution in [0.15, 0.2) is 18.2 Å². The van der Waals surface area contributed by atoms with E-state index in [1.54, 1.807) is 13.2 Å². The van der Waals surface area contributed by atoms with Crippen LogP contribution in [0, 0.1) is 12.8 Å². The Morgan fingerprint density at radius 1 is 1.45 bits per heavy atom. The van der Waals surface area contributed by atoms with E-state index < -0.39 is 0 Å². The maximum absolute atomic E-state index is 12.6. The minimum atomic E-state index is 0.0300. The number of aryl methyl sites for hydroxylation is 1. The maximum atomic E-state index is 12.6. The number of hydrazine groups is 1. The number of nitrogens with zero attached hydrogens (tertiary/aromatic N) is 1. The second kappa shape index (κ2) is 7.87. The average Bonchev–Trinajstić information content (AvgIpc) is 2.42. The van der Waals surface area contributed by atoms with Crippen molar-refractivity contribution >= 4 is 11.6 Å². The first kappa shape index (κ1) is 16.5. The van der Waals surface area contributed by atoms with E-state index in [4.69, 9.17) is 10.6 Å². The average molecular weight is 279 g/mol. The molecule has 0 aliphatic rings. The molecule has 0 fully saturated rings. The van der Waals surface area contributed by atoms with Crippen LogP contribution in [0.5, 0.6) is 0 Å². The molecule has 0 aromatic heterocycles. The first-order chi connectivity index (χ1) is 9.49. The monoisotopic (exact) mass is 279 g/mol. The molecule has 0 radical (unpaired) electrons. The topological polar surface area (TPSA) is 67.6 Å². The van der Waals surface area contributed by atoms with Crippen molar-refractivity contribution < 1.29 is 9.53 Å². The molecular formula is C15H25N3O2. The number of nitrogen functional groups attached to an aromatic ring is 1. The lowest BCUT2D eigenvalue weighted by Gasteiger charge is -2.24. The highest BCUT2D eigenvalue weighted by atomic mass is 16.5. The number of carbonyl (C=O) groups excluding carboxylic acids is 1. The van der Waals surface area contributed by atoms with Crippen molar-refractivity contribution in [3.8, 4) is 0 Å². The molecule has 1 aromatic rings. The van der Waals surface area contributed by atoms with Gasteiger partial charge in [-0.2, -0.15) is 0 Å². The largest absolute Gasteiger partial charge is 0.383 e. The lowest BCUT2D eigenvalue weighted by Crippen LogP contribution is -2.36. The molecule has 112 valence electrons. The summed E-state index contributed by atoms with van der Waals surface area (Å²) in [7, 11) is 1.64. The summed E-state index contributed by atoms with van der Waals surface area (Å²) in [4.78, 5) is 14.4. The van der Waals surface area contributed by atoms with Gasteiger partial charge in [0.15, 0.2) is 0 Å². The van der Waals surface area contributed by atoms with Gasteiger partial charge in [0.1, 0.15) is 0 Å². The first-order valence-corrected chi connectivity index (χ1v) is 6.85. The quantitative estimate of drug-likeness (QED) is 0.592. The molecule has 0 aliphatic carbocycles. The van der Waals surface area contributed by atoms with Crippen LogP contribution < -0.4 is 11.3 Å². The van der Waals surface area contributed by atoms with E-state index in [1.165, 1.54) is 0 Å². The van der Waals surface area contributed by atoms with E-state index in [-0.39, 0.29) is 5.91 Å². The van der Waals surface area contributed by atoms with E-state index in [0.717, 1.165) is 17.8 Å². The summed E-state index contributed by atoms with van der Waals surface area (Å²) in [5.74, 6) is 5.85. The standard InChI is InChI=1S/C15H25N3O2/c1-11(2)10-18(7-8-20-4)15(19)13-5-6-14(17-16)12(3)9-13/h5-6,9,11,17H,7-8,10,16H2,1-4H3. The summed E-state index contributed by atoms with van der Waals surface area (Å²) in [5.41, 5.74) is 5.07. The molecule has 20 heavy (non-hydrogen) atoms. The molecule has 0 unspecified atom stereocenters. The normalized spacial score (nSPS) is 10.7. The van der Waals surface area contributed by atoms with Crippen LogP contribution in [0.25, 0.3) is 0 Å². The van der Waals surface area contributed by atoms with Gasteiger partial charge in [-0.1, -0.05) is 13.8 Å². The Kier molecular flexibility index (Phi) is 6.48. The van der Waals surface area contributed by atoms with Crippen LogP contribution in [0.3, 0.4) is 0 Å². The van der Waals surface area contributed by atoms with Crippen molar-refractivity contribution in [3.05, 3.63) is 29.3 Å². The lowest BCUT2D eigenvalue weighted by molar-refractivity contribution is 0.0672. The van der Waals surface area contributed by atoms with Crippen LogP contribution in [-0.4, -0.2) is 37.6 Å². The molecule has 5 nitrogen and oxygen atoms in total. The molecule has 5 heteroatoms. The van der Waals surface area contributed by atoms with Crippen LogP contribution in [0.2, 0.25) is 0 Å². The third-order valence-corrected chi connectivity index (χ3v) is 3.07. The van der Waals surface area contributed by atoms with E-state index in [1.807, 2.05) is 24.0 Å². The number of amides is 1. The number of benzene rings is 1. The van der Waals surface area contributed by atoms with Crippen molar-refractivity contribution in [1.29, 1.82) is 0 Å². The zero-order valence-corrected chi connectivity index (χ0v) is 12.8. The number of hydrogen-bond acceptors (Lipinski definition) is 4. The minimum absolute atomic E-state index is 0.0300. The Morgan fingerprint density at radius 2 is 2.15 bits per heavy atom. The lowest BCUT2D eigenvalue weighted by atomic mass is 10.1. The summed E-state index contributed by atoms with van der Waals surface area (Å²) in [5, 5.41) is 0. The van der Waals surface area contributed by atoms with Gasteiger partial charge in [-0.15, -0.1) is 0 Å². The summed E-state index contributed by atoms with van der Waals surface area (Å²) in [6.45, 7) is 7.98. The third kappa shape index (κ3) is 4.51. The van der Waals surface area contributed by atoms with Crippen molar-refractivity contribution in [2.45, 2.75) is 20.8 Å². The second-order valence-corrected chi connectivity index (χ2v) is 5.31. The third-order valence-electron chi connectivity index (χ3n) is 3.07. The molecule has 0 bridgehead atoms. The second-order valence-electron chi connectivity index (χ2n) is 5.31. The van der Waals surface area contributed by atoms with Crippen molar-refractivity contribution in [3.63, 3.8) is 0 Å². The van der Waals surface area contributed by atoms with E-state index in [9.17, 15) is 4.79 Å². The van der Waals surface area contributed by atoms with Gasteiger partial charge >= 0.3 is 0 Å². The molecule has 0 aliphatic heterocycles. The summed E-state index contributed by atoms with van der Waals surface area (Å²) in [6, 6.07) is 5.48. The van der Waals surface area contributed by atoms with Gasteiger partial charge in [0, 0.05) is 25.8 Å². The molecule has 1 rings (SSSR count). The predicted octanol–water partition coefficient (Wildman–Crippen LogP) is 2.03. The SMILES string of the molecule is COCCN(CC(C)C)C(=O)c1ccc(NN)c(C)c1. The fraction of sp³-hybridized carbons (Fsp3) is 0.533. The van der Waals surface area contributed by atoms with Gasteiger partial charge in [-0.25, -0.2) is 0 Å². The van der Waals surface area contributed by atoms with Gasteiger partial charge in [0.2, 0.25) is 0 Å². The summed E-state index contributed by atoms with van der Waals surface area (Å²) in [6.07, 6.45) is 0. The summed E-state index contributed by atoms with van der Waals surface area (Å²) < 4.78 is 5.08. The number of methoxy groups -OCH3 is 1. The molecular weight excluding hydrogens is 254 g/mol.